The van der Waals surface area contributed by atoms with Crippen LogP contribution in [0.15, 0.2) is 33.3 Å². The smallest absolute Gasteiger partial charge is 0.257 e. The normalized spacial score (nSPS) is 16.9. The molecule has 18 heavy (non-hydrogen) atoms. The Morgan fingerprint density at radius 3 is 2.89 bits per heavy atom. The number of hydrogen-bond acceptors (Lipinski definition) is 4. The van der Waals surface area contributed by atoms with Gasteiger partial charge in [0.05, 0.1) is 0 Å². The summed E-state index contributed by atoms with van der Waals surface area (Å²) in [4.78, 5) is 4.52. The number of rotatable bonds is 2. The molecule has 0 spiro atoms. The van der Waals surface area contributed by atoms with Gasteiger partial charge in [0.1, 0.15) is 0 Å². The highest BCUT2D eigenvalue weighted by molar-refractivity contribution is 9.10. The summed E-state index contributed by atoms with van der Waals surface area (Å²) in [7, 11) is 0. The highest BCUT2D eigenvalue weighted by Gasteiger charge is 2.21. The summed E-state index contributed by atoms with van der Waals surface area (Å²) >= 11 is 3.44. The first-order valence-corrected chi connectivity index (χ1v) is 6.92. The molecule has 1 aliphatic heterocycles. The number of aromatic nitrogens is 2. The molecule has 1 aromatic carbocycles. The van der Waals surface area contributed by atoms with Gasteiger partial charge in [0, 0.05) is 16.0 Å². The molecule has 0 amide bonds. The van der Waals surface area contributed by atoms with Gasteiger partial charge in [0.15, 0.2) is 5.82 Å². The predicted octanol–water partition coefficient (Wildman–Crippen LogP) is 2.97. The SMILES string of the molecule is Brc1cccc(-c2nc(C3CCNCC3)no2)c1. The van der Waals surface area contributed by atoms with Crippen LogP contribution in [0.1, 0.15) is 24.6 Å². The Hall–Kier alpha value is -1.20. The van der Waals surface area contributed by atoms with E-state index in [4.69, 9.17) is 4.52 Å². The van der Waals surface area contributed by atoms with Crippen molar-refractivity contribution in [1.29, 1.82) is 0 Å². The van der Waals surface area contributed by atoms with Gasteiger partial charge >= 0.3 is 0 Å². The number of hydrogen-bond donors (Lipinski definition) is 1. The fourth-order valence-corrected chi connectivity index (χ4v) is 2.62. The number of nitrogens with one attached hydrogen (secondary N) is 1. The van der Waals surface area contributed by atoms with Crippen LogP contribution in [0.3, 0.4) is 0 Å². The first-order valence-electron chi connectivity index (χ1n) is 6.13. The maximum absolute atomic E-state index is 5.36. The van der Waals surface area contributed by atoms with Crippen LogP contribution >= 0.6 is 15.9 Å². The molecule has 5 heteroatoms. The highest BCUT2D eigenvalue weighted by atomic mass is 79.9. The first-order chi connectivity index (χ1) is 8.83. The topological polar surface area (TPSA) is 51.0 Å². The summed E-state index contributed by atoms with van der Waals surface area (Å²) in [6.07, 6.45) is 2.16. The van der Waals surface area contributed by atoms with Crippen LogP contribution in [-0.2, 0) is 0 Å². The Bertz CT molecular complexity index is 535. The lowest BCUT2D eigenvalue weighted by Crippen LogP contribution is -2.27. The lowest BCUT2D eigenvalue weighted by molar-refractivity contribution is 0.392. The molecule has 0 radical (unpaired) electrons. The van der Waals surface area contributed by atoms with Gasteiger partial charge in [0.2, 0.25) is 0 Å². The molecule has 3 rings (SSSR count). The largest absolute Gasteiger partial charge is 0.334 e. The maximum atomic E-state index is 5.36. The minimum absolute atomic E-state index is 0.427. The lowest BCUT2D eigenvalue weighted by atomic mass is 9.98. The summed E-state index contributed by atoms with van der Waals surface area (Å²) in [6.45, 7) is 2.07. The van der Waals surface area contributed by atoms with E-state index in [0.717, 1.165) is 41.8 Å². The van der Waals surface area contributed by atoms with Crippen molar-refractivity contribution >= 4 is 15.9 Å². The van der Waals surface area contributed by atoms with Crippen LogP contribution in [0.25, 0.3) is 11.5 Å². The molecule has 2 aromatic rings. The second-order valence-corrected chi connectivity index (χ2v) is 5.41. The van der Waals surface area contributed by atoms with Crippen molar-refractivity contribution < 1.29 is 4.52 Å². The number of benzene rings is 1. The second-order valence-electron chi connectivity index (χ2n) is 4.49. The molecule has 0 atom stereocenters. The minimum atomic E-state index is 0.427. The van der Waals surface area contributed by atoms with E-state index < -0.39 is 0 Å². The third kappa shape index (κ3) is 2.47. The van der Waals surface area contributed by atoms with Gasteiger partial charge < -0.3 is 9.84 Å². The van der Waals surface area contributed by atoms with Gasteiger partial charge in [-0.2, -0.15) is 4.98 Å². The van der Waals surface area contributed by atoms with Crippen LogP contribution in [0, 0.1) is 0 Å². The van der Waals surface area contributed by atoms with Crippen LogP contribution < -0.4 is 5.32 Å². The van der Waals surface area contributed by atoms with Crippen molar-refractivity contribution in [3.05, 3.63) is 34.6 Å². The van der Waals surface area contributed by atoms with Gasteiger partial charge in [-0.1, -0.05) is 27.2 Å². The number of halogens is 1. The Labute approximate surface area is 114 Å². The van der Waals surface area contributed by atoms with Gasteiger partial charge in [-0.3, -0.25) is 0 Å². The van der Waals surface area contributed by atoms with Gasteiger partial charge in [-0.15, -0.1) is 0 Å². The van der Waals surface area contributed by atoms with Crippen molar-refractivity contribution in [3.63, 3.8) is 0 Å². The zero-order valence-electron chi connectivity index (χ0n) is 9.90. The van der Waals surface area contributed by atoms with E-state index >= 15 is 0 Å². The van der Waals surface area contributed by atoms with Crippen molar-refractivity contribution in [3.8, 4) is 11.5 Å². The second kappa shape index (κ2) is 5.20. The molecule has 1 aromatic heterocycles. The molecule has 94 valence electrons. The van der Waals surface area contributed by atoms with Crippen molar-refractivity contribution in [2.45, 2.75) is 18.8 Å². The molecule has 4 nitrogen and oxygen atoms in total. The molecule has 1 saturated heterocycles. The summed E-state index contributed by atoms with van der Waals surface area (Å²) in [5, 5.41) is 7.45. The number of piperidine rings is 1. The Balaban J connectivity index is 1.84. The van der Waals surface area contributed by atoms with Crippen LogP contribution in [0.4, 0.5) is 0 Å². The zero-order valence-corrected chi connectivity index (χ0v) is 11.5. The Kier molecular flexibility index (Phi) is 3.43. The molecule has 1 aliphatic rings. The fourth-order valence-electron chi connectivity index (χ4n) is 2.22. The highest BCUT2D eigenvalue weighted by Crippen LogP contribution is 2.26. The molecular weight excluding hydrogens is 294 g/mol. The summed E-state index contributed by atoms with van der Waals surface area (Å²) < 4.78 is 6.37. The average molecular weight is 308 g/mol. The van der Waals surface area contributed by atoms with Crippen LogP contribution in [-0.4, -0.2) is 23.2 Å². The van der Waals surface area contributed by atoms with Crippen molar-refractivity contribution in [1.82, 2.24) is 15.5 Å². The van der Waals surface area contributed by atoms with E-state index in [2.05, 4.69) is 31.4 Å². The predicted molar refractivity (Wildman–Crippen MR) is 72.3 cm³/mol. The third-order valence-electron chi connectivity index (χ3n) is 3.22. The standard InChI is InChI=1S/C13H14BrN3O/c14-11-3-1-2-10(8-11)13-16-12(17-18-13)9-4-6-15-7-5-9/h1-3,8-9,15H,4-7H2. The molecular formula is C13H14BrN3O. The van der Waals surface area contributed by atoms with Gasteiger partial charge in [-0.25, -0.2) is 0 Å². The summed E-state index contributed by atoms with van der Waals surface area (Å²) in [5.74, 6) is 1.87. The lowest BCUT2D eigenvalue weighted by Gasteiger charge is -2.18. The molecule has 0 unspecified atom stereocenters. The van der Waals surface area contributed by atoms with E-state index in [1.54, 1.807) is 0 Å². The average Bonchev–Trinajstić information content (AvgIpc) is 2.89. The summed E-state index contributed by atoms with van der Waals surface area (Å²) in [6, 6.07) is 7.91. The third-order valence-corrected chi connectivity index (χ3v) is 3.71. The first kappa shape index (κ1) is 11.9. The maximum Gasteiger partial charge on any atom is 0.257 e. The Morgan fingerprint density at radius 2 is 2.11 bits per heavy atom. The quantitative estimate of drug-likeness (QED) is 0.926. The Morgan fingerprint density at radius 1 is 1.28 bits per heavy atom. The van der Waals surface area contributed by atoms with E-state index in [1.165, 1.54) is 0 Å². The molecule has 0 bridgehead atoms. The molecule has 1 N–H and O–H groups in total. The zero-order chi connectivity index (χ0) is 12.4. The molecule has 1 fully saturated rings. The monoisotopic (exact) mass is 307 g/mol. The minimum Gasteiger partial charge on any atom is -0.334 e. The van der Waals surface area contributed by atoms with E-state index in [-0.39, 0.29) is 0 Å². The molecule has 0 saturated carbocycles. The van der Waals surface area contributed by atoms with Crippen molar-refractivity contribution in [2.24, 2.45) is 0 Å². The molecule has 2 heterocycles. The summed E-state index contributed by atoms with van der Waals surface area (Å²) in [5.41, 5.74) is 0.956. The van der Waals surface area contributed by atoms with Crippen LogP contribution in [0.2, 0.25) is 0 Å². The van der Waals surface area contributed by atoms with E-state index in [9.17, 15) is 0 Å². The number of nitrogens with zero attached hydrogens (tertiary/aromatic N) is 2. The molecule has 0 aliphatic carbocycles. The van der Waals surface area contributed by atoms with E-state index in [0.29, 0.717) is 11.8 Å². The fraction of sp³-hybridized carbons (Fsp3) is 0.385. The van der Waals surface area contributed by atoms with Crippen molar-refractivity contribution in [2.75, 3.05) is 13.1 Å². The van der Waals surface area contributed by atoms with Gasteiger partial charge in [0.25, 0.3) is 5.89 Å². The van der Waals surface area contributed by atoms with E-state index in [1.807, 2.05) is 24.3 Å². The van der Waals surface area contributed by atoms with Crippen LogP contribution in [0.5, 0.6) is 0 Å². The van der Waals surface area contributed by atoms with Gasteiger partial charge in [-0.05, 0) is 44.1 Å².